The average Bonchev–Trinajstić information content (AvgIpc) is 2.63. The monoisotopic (exact) mass is 334 g/mol. The minimum absolute atomic E-state index is 0.0687. The summed E-state index contributed by atoms with van der Waals surface area (Å²) >= 11 is 0. The van der Waals surface area contributed by atoms with E-state index in [2.05, 4.69) is 24.3 Å². The molecule has 1 heterocycles. The summed E-state index contributed by atoms with van der Waals surface area (Å²) in [4.78, 5) is 13.5. The van der Waals surface area contributed by atoms with E-state index in [-0.39, 0.29) is 11.6 Å². The van der Waals surface area contributed by atoms with Crippen molar-refractivity contribution in [1.82, 2.24) is 0 Å². The SMILES string of the molecule is CCOCC[NH+]1CCC(CCc2ccccc2)(OC(=O)CC)CC1. The standard InChI is InChI=1S/C20H31NO3/c1-3-19(22)24-20(11-10-18-8-6-5-7-9-18)12-14-21(15-13-20)16-17-23-4-2/h5-9H,3-4,10-17H2,1-2H3/p+1. The van der Waals surface area contributed by atoms with Crippen LogP contribution in [0.1, 0.15) is 45.1 Å². The molecule has 0 spiro atoms. The first-order chi connectivity index (χ1) is 11.7. The number of quaternary nitrogens is 1. The number of esters is 1. The summed E-state index contributed by atoms with van der Waals surface area (Å²) in [5, 5.41) is 0. The molecule has 1 aliphatic heterocycles. The lowest BCUT2D eigenvalue weighted by atomic mass is 9.85. The fourth-order valence-corrected chi connectivity index (χ4v) is 3.40. The molecule has 1 saturated heterocycles. The van der Waals surface area contributed by atoms with Gasteiger partial charge in [-0.15, -0.1) is 0 Å². The molecule has 0 unspecified atom stereocenters. The number of likely N-dealkylation sites (tertiary alicyclic amines) is 1. The van der Waals surface area contributed by atoms with Crippen molar-refractivity contribution in [2.24, 2.45) is 0 Å². The largest absolute Gasteiger partial charge is 0.459 e. The number of benzene rings is 1. The third-order valence-electron chi connectivity index (χ3n) is 5.00. The van der Waals surface area contributed by atoms with E-state index in [1.165, 1.54) is 5.56 Å². The van der Waals surface area contributed by atoms with Crippen LogP contribution in [0.3, 0.4) is 0 Å². The van der Waals surface area contributed by atoms with Gasteiger partial charge in [-0.05, 0) is 25.3 Å². The molecule has 2 rings (SSSR count). The van der Waals surface area contributed by atoms with Crippen molar-refractivity contribution >= 4 is 5.97 Å². The minimum Gasteiger partial charge on any atom is -0.459 e. The number of carbonyl (C=O) groups excluding carboxylic acids is 1. The van der Waals surface area contributed by atoms with E-state index in [4.69, 9.17) is 9.47 Å². The molecule has 1 aromatic carbocycles. The summed E-state index contributed by atoms with van der Waals surface area (Å²) in [6.45, 7) is 8.65. The Hall–Kier alpha value is -1.39. The molecule has 0 atom stereocenters. The smallest absolute Gasteiger partial charge is 0.306 e. The molecule has 24 heavy (non-hydrogen) atoms. The first kappa shape index (κ1) is 18.9. The Morgan fingerprint density at radius 3 is 2.50 bits per heavy atom. The number of piperidine rings is 1. The molecule has 0 amide bonds. The predicted molar refractivity (Wildman–Crippen MR) is 95.2 cm³/mol. The number of ether oxygens (including phenoxy) is 2. The van der Waals surface area contributed by atoms with Gasteiger partial charge in [-0.25, -0.2) is 0 Å². The lowest BCUT2D eigenvalue weighted by Crippen LogP contribution is -3.14. The van der Waals surface area contributed by atoms with Crippen molar-refractivity contribution < 1.29 is 19.2 Å². The van der Waals surface area contributed by atoms with Gasteiger partial charge in [-0.3, -0.25) is 4.79 Å². The maximum atomic E-state index is 11.9. The van der Waals surface area contributed by atoms with Gasteiger partial charge in [0.25, 0.3) is 0 Å². The summed E-state index contributed by atoms with van der Waals surface area (Å²) < 4.78 is 11.4. The number of hydrogen-bond acceptors (Lipinski definition) is 3. The van der Waals surface area contributed by atoms with Crippen LogP contribution in [0.15, 0.2) is 30.3 Å². The normalized spacial score (nSPS) is 23.8. The summed E-state index contributed by atoms with van der Waals surface area (Å²) in [6.07, 6.45) is 4.24. The minimum atomic E-state index is -0.280. The molecule has 4 heteroatoms. The molecule has 134 valence electrons. The molecule has 0 aliphatic carbocycles. The van der Waals surface area contributed by atoms with Gasteiger partial charge in [0.1, 0.15) is 12.1 Å². The number of hydrogen-bond donors (Lipinski definition) is 1. The molecule has 1 aromatic rings. The lowest BCUT2D eigenvalue weighted by molar-refractivity contribution is -0.907. The Morgan fingerprint density at radius 1 is 1.17 bits per heavy atom. The summed E-state index contributed by atoms with van der Waals surface area (Å²) in [6, 6.07) is 10.5. The van der Waals surface area contributed by atoms with Crippen molar-refractivity contribution in [3.63, 3.8) is 0 Å². The van der Waals surface area contributed by atoms with Crippen LogP contribution in [0.25, 0.3) is 0 Å². The van der Waals surface area contributed by atoms with Crippen LogP contribution in [0.4, 0.5) is 0 Å². The van der Waals surface area contributed by atoms with Crippen LogP contribution < -0.4 is 4.90 Å². The number of aryl methyl sites for hydroxylation is 1. The van der Waals surface area contributed by atoms with Crippen LogP contribution in [-0.2, 0) is 20.7 Å². The maximum Gasteiger partial charge on any atom is 0.306 e. The highest BCUT2D eigenvalue weighted by atomic mass is 16.6. The molecule has 1 aliphatic rings. The van der Waals surface area contributed by atoms with E-state index in [1.54, 1.807) is 4.90 Å². The van der Waals surface area contributed by atoms with Gasteiger partial charge in [0.2, 0.25) is 0 Å². The third kappa shape index (κ3) is 5.91. The maximum absolute atomic E-state index is 11.9. The second kappa shape index (κ2) is 9.80. The van der Waals surface area contributed by atoms with Crippen molar-refractivity contribution in [2.75, 3.05) is 32.8 Å². The number of rotatable bonds is 9. The van der Waals surface area contributed by atoms with Crippen molar-refractivity contribution in [3.8, 4) is 0 Å². The Bertz CT molecular complexity index is 481. The van der Waals surface area contributed by atoms with E-state index < -0.39 is 0 Å². The number of carbonyl (C=O) groups is 1. The molecule has 4 nitrogen and oxygen atoms in total. The average molecular weight is 334 g/mol. The zero-order valence-electron chi connectivity index (χ0n) is 15.2. The fourth-order valence-electron chi connectivity index (χ4n) is 3.40. The van der Waals surface area contributed by atoms with E-state index in [9.17, 15) is 4.79 Å². The van der Waals surface area contributed by atoms with Crippen molar-refractivity contribution in [1.29, 1.82) is 0 Å². The second-order valence-corrected chi connectivity index (χ2v) is 6.69. The van der Waals surface area contributed by atoms with Gasteiger partial charge >= 0.3 is 5.97 Å². The zero-order valence-corrected chi connectivity index (χ0v) is 15.2. The van der Waals surface area contributed by atoms with Crippen molar-refractivity contribution in [2.45, 2.75) is 51.6 Å². The molecular weight excluding hydrogens is 302 g/mol. The van der Waals surface area contributed by atoms with Gasteiger partial charge in [0.15, 0.2) is 0 Å². The van der Waals surface area contributed by atoms with Crippen LogP contribution in [0, 0.1) is 0 Å². The molecule has 1 N–H and O–H groups in total. The summed E-state index contributed by atoms with van der Waals surface area (Å²) in [5.74, 6) is -0.0687. The van der Waals surface area contributed by atoms with E-state index >= 15 is 0 Å². The first-order valence-electron chi connectivity index (χ1n) is 9.34. The highest BCUT2D eigenvalue weighted by Gasteiger charge is 2.39. The molecular formula is C20H32NO3+. The molecule has 0 bridgehead atoms. The van der Waals surface area contributed by atoms with Gasteiger partial charge in [0, 0.05) is 25.9 Å². The van der Waals surface area contributed by atoms with Gasteiger partial charge in [-0.2, -0.15) is 0 Å². The molecule has 0 saturated carbocycles. The first-order valence-corrected chi connectivity index (χ1v) is 9.34. The van der Waals surface area contributed by atoms with E-state index in [0.717, 1.165) is 58.5 Å². The Kier molecular flexibility index (Phi) is 7.73. The van der Waals surface area contributed by atoms with E-state index in [0.29, 0.717) is 6.42 Å². The third-order valence-corrected chi connectivity index (χ3v) is 5.00. The van der Waals surface area contributed by atoms with Crippen LogP contribution in [-0.4, -0.2) is 44.4 Å². The van der Waals surface area contributed by atoms with Gasteiger partial charge in [0.05, 0.1) is 19.7 Å². The predicted octanol–water partition coefficient (Wildman–Crippen LogP) is 2.03. The zero-order chi connectivity index (χ0) is 17.3. The van der Waals surface area contributed by atoms with E-state index in [1.807, 2.05) is 19.9 Å². The second-order valence-electron chi connectivity index (χ2n) is 6.69. The molecule has 1 fully saturated rings. The Balaban J connectivity index is 1.91. The number of nitrogens with one attached hydrogen (secondary N) is 1. The quantitative estimate of drug-likeness (QED) is 0.555. The van der Waals surface area contributed by atoms with Crippen LogP contribution in [0.2, 0.25) is 0 Å². The van der Waals surface area contributed by atoms with Crippen LogP contribution in [0.5, 0.6) is 0 Å². The van der Waals surface area contributed by atoms with Crippen molar-refractivity contribution in [3.05, 3.63) is 35.9 Å². The van der Waals surface area contributed by atoms with Gasteiger partial charge in [-0.1, -0.05) is 37.3 Å². The van der Waals surface area contributed by atoms with Gasteiger partial charge < -0.3 is 14.4 Å². The Labute approximate surface area is 146 Å². The molecule has 0 aromatic heterocycles. The highest BCUT2D eigenvalue weighted by molar-refractivity contribution is 5.69. The van der Waals surface area contributed by atoms with Crippen LogP contribution >= 0.6 is 0 Å². The molecule has 0 radical (unpaired) electrons. The highest BCUT2D eigenvalue weighted by Crippen LogP contribution is 2.28. The topological polar surface area (TPSA) is 40.0 Å². The lowest BCUT2D eigenvalue weighted by Gasteiger charge is -2.39. The Morgan fingerprint density at radius 2 is 1.88 bits per heavy atom. The summed E-state index contributed by atoms with van der Waals surface area (Å²) in [7, 11) is 0. The summed E-state index contributed by atoms with van der Waals surface area (Å²) in [5.41, 5.74) is 1.04. The fraction of sp³-hybridized carbons (Fsp3) is 0.650.